The molecular formula is C20H24O2. The van der Waals surface area contributed by atoms with Crippen LogP contribution in [-0.4, -0.2) is 7.11 Å². The number of benzene rings is 1. The van der Waals surface area contributed by atoms with E-state index < -0.39 is 0 Å². The van der Waals surface area contributed by atoms with Crippen LogP contribution in [0.25, 0.3) is 0 Å². The summed E-state index contributed by atoms with van der Waals surface area (Å²) in [6.07, 6.45) is 5.93. The van der Waals surface area contributed by atoms with Gasteiger partial charge in [-0.25, -0.2) is 0 Å². The van der Waals surface area contributed by atoms with Gasteiger partial charge in [-0.2, -0.15) is 0 Å². The average Bonchev–Trinajstić information content (AvgIpc) is 3.34. The van der Waals surface area contributed by atoms with Crippen molar-refractivity contribution in [3.05, 3.63) is 83.9 Å². The lowest BCUT2D eigenvalue weighted by atomic mass is 10.0. The Morgan fingerprint density at radius 2 is 1.95 bits per heavy atom. The fraction of sp³-hybridized carbons (Fsp3) is 0.300. The predicted octanol–water partition coefficient (Wildman–Crippen LogP) is 5.16. The van der Waals surface area contributed by atoms with Crippen LogP contribution in [0.4, 0.5) is 0 Å². The van der Waals surface area contributed by atoms with Crippen molar-refractivity contribution in [3.8, 4) is 0 Å². The number of allylic oxidation sites excluding steroid dienone is 4. The van der Waals surface area contributed by atoms with Gasteiger partial charge in [0, 0.05) is 5.57 Å². The van der Waals surface area contributed by atoms with E-state index in [4.69, 9.17) is 9.47 Å². The molecule has 0 radical (unpaired) electrons. The van der Waals surface area contributed by atoms with Gasteiger partial charge in [0.1, 0.15) is 6.61 Å². The fourth-order valence-electron chi connectivity index (χ4n) is 2.45. The molecule has 0 saturated heterocycles. The maximum Gasteiger partial charge on any atom is 0.165 e. The SMILES string of the molecule is C=C/C=C(OC)\C(OCc1ccccc1)=C(/C(=C)C)C1CC1. The Hall–Kier alpha value is -2.22. The van der Waals surface area contributed by atoms with E-state index in [-0.39, 0.29) is 0 Å². The first-order valence-corrected chi connectivity index (χ1v) is 7.61. The summed E-state index contributed by atoms with van der Waals surface area (Å²) in [7, 11) is 1.66. The van der Waals surface area contributed by atoms with E-state index in [1.54, 1.807) is 13.2 Å². The molecule has 0 heterocycles. The van der Waals surface area contributed by atoms with Gasteiger partial charge in [-0.1, -0.05) is 55.1 Å². The van der Waals surface area contributed by atoms with Gasteiger partial charge in [0.2, 0.25) is 0 Å². The third-order valence-corrected chi connectivity index (χ3v) is 3.63. The molecule has 116 valence electrons. The Kier molecular flexibility index (Phi) is 5.65. The van der Waals surface area contributed by atoms with Gasteiger partial charge >= 0.3 is 0 Å². The van der Waals surface area contributed by atoms with Gasteiger partial charge in [0.25, 0.3) is 0 Å². The van der Waals surface area contributed by atoms with Crippen LogP contribution in [0, 0.1) is 5.92 Å². The second-order valence-electron chi connectivity index (χ2n) is 5.54. The number of hydrogen-bond acceptors (Lipinski definition) is 2. The molecule has 1 aromatic carbocycles. The van der Waals surface area contributed by atoms with Crippen molar-refractivity contribution >= 4 is 0 Å². The molecule has 2 nitrogen and oxygen atoms in total. The van der Waals surface area contributed by atoms with Gasteiger partial charge < -0.3 is 9.47 Å². The highest BCUT2D eigenvalue weighted by molar-refractivity contribution is 5.42. The highest BCUT2D eigenvalue weighted by Crippen LogP contribution is 2.43. The zero-order valence-corrected chi connectivity index (χ0v) is 13.5. The summed E-state index contributed by atoms with van der Waals surface area (Å²) in [5, 5.41) is 0. The standard InChI is InChI=1S/C20H24O2/c1-5-9-18(21-4)20(19(15(2)3)17-12-13-17)22-14-16-10-7-6-8-11-16/h5-11,17H,1-2,12-14H2,3-4H3/b18-9+,20-19-. The van der Waals surface area contributed by atoms with Gasteiger partial charge in [0.15, 0.2) is 11.5 Å². The van der Waals surface area contributed by atoms with Crippen LogP contribution >= 0.6 is 0 Å². The molecule has 2 rings (SSSR count). The molecule has 1 aliphatic rings. The predicted molar refractivity (Wildman–Crippen MR) is 91.1 cm³/mol. The molecule has 0 aromatic heterocycles. The highest BCUT2D eigenvalue weighted by atomic mass is 16.5. The van der Waals surface area contributed by atoms with Gasteiger partial charge in [-0.3, -0.25) is 0 Å². The molecular weight excluding hydrogens is 272 g/mol. The molecule has 0 N–H and O–H groups in total. The molecule has 0 atom stereocenters. The van der Waals surface area contributed by atoms with E-state index in [0.717, 1.165) is 16.9 Å². The van der Waals surface area contributed by atoms with Crippen molar-refractivity contribution in [1.82, 2.24) is 0 Å². The van der Waals surface area contributed by atoms with E-state index in [2.05, 4.69) is 25.3 Å². The molecule has 0 bridgehead atoms. The molecule has 1 aliphatic carbocycles. The lowest BCUT2D eigenvalue weighted by Crippen LogP contribution is -2.05. The second kappa shape index (κ2) is 7.69. The molecule has 2 heteroatoms. The summed E-state index contributed by atoms with van der Waals surface area (Å²) >= 11 is 0. The van der Waals surface area contributed by atoms with Crippen LogP contribution < -0.4 is 0 Å². The van der Waals surface area contributed by atoms with Crippen molar-refractivity contribution in [2.45, 2.75) is 26.4 Å². The molecule has 22 heavy (non-hydrogen) atoms. The Labute approximate surface area is 133 Å². The van der Waals surface area contributed by atoms with Gasteiger partial charge in [-0.15, -0.1) is 0 Å². The first-order valence-electron chi connectivity index (χ1n) is 7.61. The van der Waals surface area contributed by atoms with Crippen molar-refractivity contribution in [1.29, 1.82) is 0 Å². The minimum Gasteiger partial charge on any atom is -0.493 e. The topological polar surface area (TPSA) is 18.5 Å². The Morgan fingerprint density at radius 1 is 1.27 bits per heavy atom. The van der Waals surface area contributed by atoms with E-state index in [1.807, 2.05) is 31.2 Å². The molecule has 1 saturated carbocycles. The molecule has 0 amide bonds. The number of ether oxygens (including phenoxy) is 2. The van der Waals surface area contributed by atoms with E-state index >= 15 is 0 Å². The summed E-state index contributed by atoms with van der Waals surface area (Å²) in [5.41, 5.74) is 3.34. The number of methoxy groups -OCH3 is 1. The van der Waals surface area contributed by atoms with Crippen LogP contribution in [0.1, 0.15) is 25.3 Å². The van der Waals surface area contributed by atoms with Crippen LogP contribution in [0.2, 0.25) is 0 Å². The molecule has 1 aromatic rings. The lowest BCUT2D eigenvalue weighted by molar-refractivity contribution is 0.162. The largest absolute Gasteiger partial charge is 0.493 e. The van der Waals surface area contributed by atoms with E-state index in [9.17, 15) is 0 Å². The first kappa shape index (κ1) is 16.2. The molecule has 0 unspecified atom stereocenters. The van der Waals surface area contributed by atoms with Crippen molar-refractivity contribution < 1.29 is 9.47 Å². The van der Waals surface area contributed by atoms with Crippen LogP contribution in [0.5, 0.6) is 0 Å². The third kappa shape index (κ3) is 4.14. The maximum absolute atomic E-state index is 6.14. The monoisotopic (exact) mass is 296 g/mol. The van der Waals surface area contributed by atoms with Gasteiger partial charge in [0.05, 0.1) is 7.11 Å². The Balaban J connectivity index is 2.32. The summed E-state index contributed by atoms with van der Waals surface area (Å²) in [6.45, 7) is 10.4. The molecule has 0 spiro atoms. The number of hydrogen-bond donors (Lipinski definition) is 0. The number of rotatable bonds is 8. The van der Waals surface area contributed by atoms with Crippen molar-refractivity contribution in [2.75, 3.05) is 7.11 Å². The van der Waals surface area contributed by atoms with E-state index in [1.165, 1.54) is 18.4 Å². The summed E-state index contributed by atoms with van der Waals surface area (Å²) in [5.74, 6) is 2.03. The van der Waals surface area contributed by atoms with Gasteiger partial charge in [-0.05, 0) is 37.3 Å². The fourth-order valence-corrected chi connectivity index (χ4v) is 2.45. The summed E-state index contributed by atoms with van der Waals surface area (Å²) in [6, 6.07) is 10.1. The zero-order valence-electron chi connectivity index (χ0n) is 13.5. The third-order valence-electron chi connectivity index (χ3n) is 3.63. The quantitative estimate of drug-likeness (QED) is 0.487. The lowest BCUT2D eigenvalue weighted by Gasteiger charge is -2.18. The summed E-state index contributed by atoms with van der Waals surface area (Å²) < 4.78 is 11.7. The zero-order chi connectivity index (χ0) is 15.9. The normalized spacial score (nSPS) is 15.8. The first-order chi connectivity index (χ1) is 10.7. The molecule has 0 aliphatic heterocycles. The second-order valence-corrected chi connectivity index (χ2v) is 5.54. The van der Waals surface area contributed by atoms with Crippen LogP contribution in [0.15, 0.2) is 78.3 Å². The molecule has 1 fully saturated rings. The Bertz CT molecular complexity index is 589. The van der Waals surface area contributed by atoms with Crippen LogP contribution in [-0.2, 0) is 16.1 Å². The average molecular weight is 296 g/mol. The minimum absolute atomic E-state index is 0.511. The van der Waals surface area contributed by atoms with Crippen molar-refractivity contribution in [3.63, 3.8) is 0 Å². The van der Waals surface area contributed by atoms with Crippen LogP contribution in [0.3, 0.4) is 0 Å². The van der Waals surface area contributed by atoms with E-state index in [0.29, 0.717) is 18.3 Å². The van der Waals surface area contributed by atoms with Crippen molar-refractivity contribution in [2.24, 2.45) is 5.92 Å². The Morgan fingerprint density at radius 3 is 2.45 bits per heavy atom. The smallest absolute Gasteiger partial charge is 0.165 e. The minimum atomic E-state index is 0.511. The highest BCUT2D eigenvalue weighted by Gasteiger charge is 2.31. The maximum atomic E-state index is 6.14. The summed E-state index contributed by atoms with van der Waals surface area (Å²) in [4.78, 5) is 0.